The molecule has 0 saturated heterocycles. The first kappa shape index (κ1) is 15.0. The number of nitrogens with zero attached hydrogens (tertiary/aromatic N) is 1. The minimum atomic E-state index is -0.823. The Balaban J connectivity index is 2.18. The van der Waals surface area contributed by atoms with Crippen LogP contribution in [0, 0.1) is 19.1 Å². The van der Waals surface area contributed by atoms with Crippen molar-refractivity contribution in [3.8, 4) is 0 Å². The van der Waals surface area contributed by atoms with Crippen LogP contribution in [0.25, 0.3) is 0 Å². The second-order valence-electron chi connectivity index (χ2n) is 5.06. The first-order valence-electron chi connectivity index (χ1n) is 6.36. The third-order valence-corrected chi connectivity index (χ3v) is 4.46. The first-order valence-corrected chi connectivity index (χ1v) is 7.44. The van der Waals surface area contributed by atoms with E-state index in [0.717, 1.165) is 16.4 Å². The Kier molecular flexibility index (Phi) is 4.46. The number of hydrogen-bond acceptors (Lipinski definition) is 4. The lowest BCUT2D eigenvalue weighted by molar-refractivity contribution is -0.384. The molecular formula is C13H15IN2O4. The molecule has 0 aromatic heterocycles. The summed E-state index contributed by atoms with van der Waals surface area (Å²) in [5.74, 6) is -0.823. The van der Waals surface area contributed by atoms with Crippen LogP contribution in [0.2, 0.25) is 0 Å². The molecular weight excluding hydrogens is 375 g/mol. The zero-order valence-electron chi connectivity index (χ0n) is 10.8. The molecule has 7 heteroatoms. The van der Waals surface area contributed by atoms with Gasteiger partial charge >= 0.3 is 5.97 Å². The summed E-state index contributed by atoms with van der Waals surface area (Å²) in [4.78, 5) is 22.0. The Labute approximate surface area is 129 Å². The number of benzene rings is 1. The zero-order chi connectivity index (χ0) is 14.8. The van der Waals surface area contributed by atoms with Crippen molar-refractivity contribution in [3.05, 3.63) is 31.9 Å². The smallest absolute Gasteiger partial charge is 0.311 e. The van der Waals surface area contributed by atoms with Crippen molar-refractivity contribution in [3.63, 3.8) is 0 Å². The molecule has 0 atom stereocenters. The SMILES string of the molecule is O=C(O)C1(CNc2ccc(I)cc2[N+](=O)[O-])CCCC1. The van der Waals surface area contributed by atoms with Gasteiger partial charge in [0.25, 0.3) is 5.69 Å². The van der Waals surface area contributed by atoms with Crippen LogP contribution in [-0.4, -0.2) is 22.5 Å². The van der Waals surface area contributed by atoms with Crippen LogP contribution in [0.4, 0.5) is 11.4 Å². The largest absolute Gasteiger partial charge is 0.481 e. The highest BCUT2D eigenvalue weighted by atomic mass is 127. The number of halogens is 1. The van der Waals surface area contributed by atoms with Gasteiger partial charge in [-0.3, -0.25) is 14.9 Å². The van der Waals surface area contributed by atoms with Crippen LogP contribution < -0.4 is 5.32 Å². The number of anilines is 1. The van der Waals surface area contributed by atoms with E-state index in [2.05, 4.69) is 5.32 Å². The van der Waals surface area contributed by atoms with Gasteiger partial charge in [-0.15, -0.1) is 0 Å². The fourth-order valence-electron chi connectivity index (χ4n) is 2.59. The molecule has 0 radical (unpaired) electrons. The van der Waals surface area contributed by atoms with E-state index in [1.807, 2.05) is 22.6 Å². The number of carbonyl (C=O) groups is 1. The van der Waals surface area contributed by atoms with Crippen molar-refractivity contribution >= 4 is 39.9 Å². The number of aliphatic carboxylic acids is 1. The van der Waals surface area contributed by atoms with Crippen molar-refractivity contribution in [2.45, 2.75) is 25.7 Å². The number of nitrogens with one attached hydrogen (secondary N) is 1. The predicted molar refractivity (Wildman–Crippen MR) is 82.8 cm³/mol. The van der Waals surface area contributed by atoms with Crippen LogP contribution >= 0.6 is 22.6 Å². The minimum absolute atomic E-state index is 0.0181. The molecule has 0 unspecified atom stereocenters. The third kappa shape index (κ3) is 3.02. The van der Waals surface area contributed by atoms with Gasteiger partial charge in [0.05, 0.1) is 10.3 Å². The average molecular weight is 390 g/mol. The second kappa shape index (κ2) is 5.94. The van der Waals surface area contributed by atoms with Crippen LogP contribution in [-0.2, 0) is 4.79 Å². The molecule has 1 saturated carbocycles. The van der Waals surface area contributed by atoms with Crippen molar-refractivity contribution in [2.24, 2.45) is 5.41 Å². The summed E-state index contributed by atoms with van der Waals surface area (Å²) in [6, 6.07) is 4.87. The normalized spacial score (nSPS) is 16.9. The molecule has 108 valence electrons. The van der Waals surface area contributed by atoms with Crippen LogP contribution in [0.1, 0.15) is 25.7 Å². The third-order valence-electron chi connectivity index (χ3n) is 3.79. The molecule has 2 rings (SSSR count). The topological polar surface area (TPSA) is 92.5 Å². The molecule has 0 amide bonds. The summed E-state index contributed by atoms with van der Waals surface area (Å²) in [5, 5.41) is 23.4. The molecule has 2 N–H and O–H groups in total. The highest BCUT2D eigenvalue weighted by Gasteiger charge is 2.41. The van der Waals surface area contributed by atoms with Gasteiger partial charge in [-0.1, -0.05) is 12.8 Å². The van der Waals surface area contributed by atoms with Gasteiger partial charge in [0.2, 0.25) is 0 Å². The fraction of sp³-hybridized carbons (Fsp3) is 0.462. The van der Waals surface area contributed by atoms with E-state index in [1.165, 1.54) is 6.07 Å². The Morgan fingerprint density at radius 1 is 1.45 bits per heavy atom. The van der Waals surface area contributed by atoms with Crippen molar-refractivity contribution in [2.75, 3.05) is 11.9 Å². The second-order valence-corrected chi connectivity index (χ2v) is 6.31. The molecule has 1 aromatic carbocycles. The Hall–Kier alpha value is -1.38. The van der Waals surface area contributed by atoms with Gasteiger partial charge in [0.1, 0.15) is 5.69 Å². The lowest BCUT2D eigenvalue weighted by atomic mass is 9.86. The van der Waals surface area contributed by atoms with Crippen molar-refractivity contribution in [1.29, 1.82) is 0 Å². The average Bonchev–Trinajstić information content (AvgIpc) is 2.87. The molecule has 0 heterocycles. The summed E-state index contributed by atoms with van der Waals surface area (Å²) in [6.45, 7) is 0.226. The number of hydrogen-bond donors (Lipinski definition) is 2. The summed E-state index contributed by atoms with van der Waals surface area (Å²) in [6.07, 6.45) is 3.02. The van der Waals surface area contributed by atoms with Crippen molar-refractivity contribution in [1.82, 2.24) is 0 Å². The lowest BCUT2D eigenvalue weighted by Gasteiger charge is -2.24. The van der Waals surface area contributed by atoms with E-state index in [1.54, 1.807) is 12.1 Å². The van der Waals surface area contributed by atoms with E-state index in [0.29, 0.717) is 18.5 Å². The van der Waals surface area contributed by atoms with Gasteiger partial charge in [0.15, 0.2) is 0 Å². The predicted octanol–water partition coefficient (Wildman–Crippen LogP) is 3.26. The molecule has 6 nitrogen and oxygen atoms in total. The van der Waals surface area contributed by atoms with Gasteiger partial charge in [-0.2, -0.15) is 0 Å². The Morgan fingerprint density at radius 3 is 2.65 bits per heavy atom. The Morgan fingerprint density at radius 2 is 2.10 bits per heavy atom. The number of nitro groups is 1. The summed E-state index contributed by atoms with van der Waals surface area (Å²) >= 11 is 2.01. The standard InChI is InChI=1S/C13H15IN2O4/c14-9-3-4-10(11(7-9)16(19)20)15-8-13(12(17)18)5-1-2-6-13/h3-4,7,15H,1-2,5-6,8H2,(H,17,18). The summed E-state index contributed by atoms with van der Waals surface area (Å²) < 4.78 is 0.772. The highest BCUT2D eigenvalue weighted by Crippen LogP contribution is 2.39. The maximum Gasteiger partial charge on any atom is 0.311 e. The quantitative estimate of drug-likeness (QED) is 0.458. The minimum Gasteiger partial charge on any atom is -0.481 e. The first-order chi connectivity index (χ1) is 9.44. The van der Waals surface area contributed by atoms with Crippen LogP contribution in [0.3, 0.4) is 0 Å². The maximum absolute atomic E-state index is 11.4. The van der Waals surface area contributed by atoms with Gasteiger partial charge in [0, 0.05) is 16.2 Å². The van der Waals surface area contributed by atoms with E-state index in [9.17, 15) is 20.0 Å². The van der Waals surface area contributed by atoms with Gasteiger partial charge in [-0.05, 0) is 47.6 Å². The number of carboxylic acid groups (broad SMARTS) is 1. The molecule has 0 aliphatic heterocycles. The molecule has 1 fully saturated rings. The van der Waals surface area contributed by atoms with Crippen LogP contribution in [0.5, 0.6) is 0 Å². The lowest BCUT2D eigenvalue weighted by Crippen LogP contribution is -2.35. The number of nitro benzene ring substituents is 1. The Bertz CT molecular complexity index is 541. The van der Waals surface area contributed by atoms with E-state index < -0.39 is 16.3 Å². The summed E-state index contributed by atoms with van der Waals surface area (Å²) in [5.41, 5.74) is -0.435. The van der Waals surface area contributed by atoms with Gasteiger partial charge in [-0.25, -0.2) is 0 Å². The fourth-order valence-corrected chi connectivity index (χ4v) is 3.06. The van der Waals surface area contributed by atoms with E-state index in [-0.39, 0.29) is 12.2 Å². The zero-order valence-corrected chi connectivity index (χ0v) is 12.9. The monoisotopic (exact) mass is 390 g/mol. The molecule has 0 bridgehead atoms. The molecule has 1 aromatic rings. The molecule has 1 aliphatic rings. The van der Waals surface area contributed by atoms with Gasteiger partial charge < -0.3 is 10.4 Å². The highest BCUT2D eigenvalue weighted by molar-refractivity contribution is 14.1. The molecule has 20 heavy (non-hydrogen) atoms. The number of rotatable bonds is 5. The van der Waals surface area contributed by atoms with E-state index >= 15 is 0 Å². The van der Waals surface area contributed by atoms with Crippen LogP contribution in [0.15, 0.2) is 18.2 Å². The number of carboxylic acids is 1. The molecule has 1 aliphatic carbocycles. The van der Waals surface area contributed by atoms with Crippen molar-refractivity contribution < 1.29 is 14.8 Å². The van der Waals surface area contributed by atoms with E-state index in [4.69, 9.17) is 0 Å². The summed E-state index contributed by atoms with van der Waals surface area (Å²) in [7, 11) is 0. The maximum atomic E-state index is 11.4. The molecule has 0 spiro atoms.